The van der Waals surface area contributed by atoms with Gasteiger partial charge in [0, 0.05) is 44.9 Å². The summed E-state index contributed by atoms with van der Waals surface area (Å²) in [7, 11) is -0.169. The first-order valence-electron chi connectivity index (χ1n) is 12.2. The molecule has 5 rings (SSSR count). The highest BCUT2D eigenvalue weighted by molar-refractivity contribution is 7.89. The number of hydrogen-bond donors (Lipinski definition) is 0. The van der Waals surface area contributed by atoms with Crippen molar-refractivity contribution in [1.82, 2.24) is 19.3 Å². The number of ether oxygens (including phenoxy) is 1. The zero-order valence-electron chi connectivity index (χ0n) is 21.4. The van der Waals surface area contributed by atoms with Crippen molar-refractivity contribution in [2.75, 3.05) is 45.2 Å². The van der Waals surface area contributed by atoms with Crippen LogP contribution < -0.4 is 4.90 Å². The van der Waals surface area contributed by atoms with Gasteiger partial charge in [-0.25, -0.2) is 13.2 Å². The van der Waals surface area contributed by atoms with Crippen molar-refractivity contribution in [2.45, 2.75) is 17.9 Å². The van der Waals surface area contributed by atoms with E-state index in [1.165, 1.54) is 4.31 Å². The highest BCUT2D eigenvalue weighted by Gasteiger charge is 2.33. The maximum absolute atomic E-state index is 13.1. The van der Waals surface area contributed by atoms with Gasteiger partial charge in [0.15, 0.2) is 0 Å². The Labute approximate surface area is 221 Å². The van der Waals surface area contributed by atoms with Crippen LogP contribution >= 0.6 is 0 Å². The zero-order valence-corrected chi connectivity index (χ0v) is 22.3. The van der Waals surface area contributed by atoms with Gasteiger partial charge >= 0.3 is 6.09 Å². The second kappa shape index (κ2) is 10.5. The first kappa shape index (κ1) is 25.8. The Morgan fingerprint density at radius 2 is 1.74 bits per heavy atom. The standard InChI is InChI=1S/C27H29N5O5S/c1-19-28-26(29-37-19)21-8-11-23(12-9-21)32-18-24(36-27(32)33)17-30(2)14-15-31(3)38(34,35)25-13-10-20-6-4-5-7-22(20)16-25/h4-13,16,24H,14-15,17-18H2,1-3H3. The average Bonchev–Trinajstić information content (AvgIpc) is 3.51. The lowest BCUT2D eigenvalue weighted by molar-refractivity contribution is 0.116. The number of amides is 1. The predicted octanol–water partition coefficient (Wildman–Crippen LogP) is 3.78. The Morgan fingerprint density at radius 1 is 1.00 bits per heavy atom. The number of aromatic nitrogens is 2. The Hall–Kier alpha value is -3.80. The molecule has 198 valence electrons. The van der Waals surface area contributed by atoms with Crippen molar-refractivity contribution in [3.63, 3.8) is 0 Å². The first-order chi connectivity index (χ1) is 18.2. The number of sulfonamides is 1. The molecule has 1 aliphatic rings. The topological polar surface area (TPSA) is 109 Å². The number of anilines is 1. The van der Waals surface area contributed by atoms with Gasteiger partial charge in [0.05, 0.1) is 11.4 Å². The molecule has 1 aromatic heterocycles. The lowest BCUT2D eigenvalue weighted by atomic mass is 10.1. The Balaban J connectivity index is 1.15. The molecule has 1 unspecified atom stereocenters. The van der Waals surface area contributed by atoms with Gasteiger partial charge in [0.2, 0.25) is 21.7 Å². The summed E-state index contributed by atoms with van der Waals surface area (Å²) in [5, 5.41) is 5.78. The largest absolute Gasteiger partial charge is 0.443 e. The molecule has 0 radical (unpaired) electrons. The van der Waals surface area contributed by atoms with Gasteiger partial charge in [-0.05, 0) is 54.2 Å². The summed E-state index contributed by atoms with van der Waals surface area (Å²) in [6.45, 7) is 3.38. The summed E-state index contributed by atoms with van der Waals surface area (Å²) in [4.78, 5) is 20.6. The van der Waals surface area contributed by atoms with Gasteiger partial charge in [0.1, 0.15) is 6.10 Å². The molecule has 0 aliphatic carbocycles. The van der Waals surface area contributed by atoms with Crippen LogP contribution in [0.2, 0.25) is 0 Å². The molecule has 0 bridgehead atoms. The monoisotopic (exact) mass is 535 g/mol. The van der Waals surface area contributed by atoms with E-state index in [2.05, 4.69) is 10.1 Å². The Morgan fingerprint density at radius 3 is 2.45 bits per heavy atom. The summed E-state index contributed by atoms with van der Waals surface area (Å²) < 4.78 is 38.2. The van der Waals surface area contributed by atoms with E-state index in [-0.39, 0.29) is 11.0 Å². The maximum atomic E-state index is 13.1. The molecule has 2 heterocycles. The molecule has 4 aromatic rings. The number of hydrogen-bond acceptors (Lipinski definition) is 8. The number of likely N-dealkylation sites (N-methyl/N-ethyl adjacent to an activating group) is 2. The van der Waals surface area contributed by atoms with Crippen molar-refractivity contribution in [2.24, 2.45) is 0 Å². The number of benzene rings is 3. The van der Waals surface area contributed by atoms with E-state index in [4.69, 9.17) is 9.26 Å². The molecule has 1 aliphatic heterocycles. The smallest absolute Gasteiger partial charge is 0.414 e. The SMILES string of the molecule is Cc1nc(-c2ccc(N3CC(CN(C)CCN(C)S(=O)(=O)c4ccc5ccccc5c4)OC3=O)cc2)no1. The molecule has 0 saturated carbocycles. The molecular formula is C27H29N5O5S. The summed E-state index contributed by atoms with van der Waals surface area (Å²) in [6.07, 6.45) is -0.753. The lowest BCUT2D eigenvalue weighted by Gasteiger charge is -2.23. The van der Waals surface area contributed by atoms with E-state index >= 15 is 0 Å². The van der Waals surface area contributed by atoms with Crippen LogP contribution in [0.3, 0.4) is 0 Å². The molecule has 1 saturated heterocycles. The molecular weight excluding hydrogens is 506 g/mol. The number of aryl methyl sites for hydroxylation is 1. The summed E-state index contributed by atoms with van der Waals surface area (Å²) in [6, 6.07) is 20.1. The molecule has 3 aromatic carbocycles. The van der Waals surface area contributed by atoms with Crippen molar-refractivity contribution in [1.29, 1.82) is 0 Å². The molecule has 1 atom stereocenters. The predicted molar refractivity (Wildman–Crippen MR) is 143 cm³/mol. The van der Waals surface area contributed by atoms with Crippen LogP contribution in [0.1, 0.15) is 5.89 Å². The number of fused-ring (bicyclic) bond motifs is 1. The normalized spacial score (nSPS) is 16.1. The summed E-state index contributed by atoms with van der Waals surface area (Å²) in [5.74, 6) is 0.974. The van der Waals surface area contributed by atoms with Crippen LogP contribution in [0.5, 0.6) is 0 Å². The van der Waals surface area contributed by atoms with Crippen molar-refractivity contribution < 1.29 is 22.5 Å². The van der Waals surface area contributed by atoms with E-state index in [0.29, 0.717) is 43.6 Å². The van der Waals surface area contributed by atoms with Crippen LogP contribution in [0.4, 0.5) is 10.5 Å². The summed E-state index contributed by atoms with van der Waals surface area (Å²) >= 11 is 0. The molecule has 11 heteroatoms. The van der Waals surface area contributed by atoms with E-state index in [0.717, 1.165) is 16.3 Å². The lowest BCUT2D eigenvalue weighted by Crippen LogP contribution is -2.38. The minimum atomic E-state index is -3.63. The van der Waals surface area contributed by atoms with E-state index in [1.54, 1.807) is 31.0 Å². The number of rotatable bonds is 9. The third kappa shape index (κ3) is 5.40. The first-order valence-corrected chi connectivity index (χ1v) is 13.7. The number of carbonyl (C=O) groups excluding carboxylic acids is 1. The fourth-order valence-electron chi connectivity index (χ4n) is 4.41. The second-order valence-electron chi connectivity index (χ2n) is 9.40. The number of carbonyl (C=O) groups is 1. The van der Waals surface area contributed by atoms with Gasteiger partial charge in [-0.1, -0.05) is 35.5 Å². The minimum Gasteiger partial charge on any atom is -0.443 e. The van der Waals surface area contributed by atoms with Gasteiger partial charge in [-0.15, -0.1) is 0 Å². The van der Waals surface area contributed by atoms with E-state index in [1.807, 2.05) is 66.5 Å². The molecule has 1 amide bonds. The molecule has 0 spiro atoms. The van der Waals surface area contributed by atoms with Gasteiger partial charge in [-0.3, -0.25) is 4.90 Å². The highest BCUT2D eigenvalue weighted by Crippen LogP contribution is 2.25. The fraction of sp³-hybridized carbons (Fsp3) is 0.296. The van der Waals surface area contributed by atoms with Crippen molar-refractivity contribution in [3.8, 4) is 11.4 Å². The van der Waals surface area contributed by atoms with Crippen LogP contribution in [-0.2, 0) is 14.8 Å². The fourth-order valence-corrected chi connectivity index (χ4v) is 5.61. The van der Waals surface area contributed by atoms with Crippen molar-refractivity contribution in [3.05, 3.63) is 72.6 Å². The third-order valence-corrected chi connectivity index (χ3v) is 8.43. The van der Waals surface area contributed by atoms with Gasteiger partial charge in [-0.2, -0.15) is 9.29 Å². The third-order valence-electron chi connectivity index (χ3n) is 6.58. The molecule has 1 fully saturated rings. The van der Waals surface area contributed by atoms with Crippen LogP contribution in [0.15, 0.2) is 76.1 Å². The molecule has 38 heavy (non-hydrogen) atoms. The van der Waals surface area contributed by atoms with E-state index in [9.17, 15) is 13.2 Å². The average molecular weight is 536 g/mol. The van der Waals surface area contributed by atoms with Crippen molar-refractivity contribution >= 4 is 32.6 Å². The van der Waals surface area contributed by atoms with Crippen LogP contribution in [0.25, 0.3) is 22.2 Å². The van der Waals surface area contributed by atoms with E-state index < -0.39 is 16.1 Å². The van der Waals surface area contributed by atoms with Crippen LogP contribution in [-0.4, -0.2) is 80.2 Å². The molecule has 10 nitrogen and oxygen atoms in total. The number of nitrogens with zero attached hydrogens (tertiary/aromatic N) is 5. The minimum absolute atomic E-state index is 0.266. The van der Waals surface area contributed by atoms with Gasteiger partial charge in [0.25, 0.3) is 0 Å². The zero-order chi connectivity index (χ0) is 26.9. The maximum Gasteiger partial charge on any atom is 0.414 e. The van der Waals surface area contributed by atoms with Gasteiger partial charge < -0.3 is 14.2 Å². The Bertz CT molecular complexity index is 1550. The second-order valence-corrected chi connectivity index (χ2v) is 11.4. The highest BCUT2D eigenvalue weighted by atomic mass is 32.2. The quantitative estimate of drug-likeness (QED) is 0.319. The number of cyclic esters (lactones) is 1. The van der Waals surface area contributed by atoms with Crippen LogP contribution in [0, 0.1) is 6.92 Å². The molecule has 0 N–H and O–H groups in total. The Kier molecular flexibility index (Phi) is 7.15. The summed E-state index contributed by atoms with van der Waals surface area (Å²) in [5.41, 5.74) is 1.50.